The number of aliphatic hydroxyl groups excluding tert-OH is 2. The Morgan fingerprint density at radius 1 is 1.10 bits per heavy atom. The zero-order valence-corrected chi connectivity index (χ0v) is 17.9. The van der Waals surface area contributed by atoms with Gasteiger partial charge in [-0.15, -0.1) is 0 Å². The van der Waals surface area contributed by atoms with Crippen molar-refractivity contribution in [1.29, 1.82) is 0 Å². The van der Waals surface area contributed by atoms with Crippen LogP contribution in [-0.2, 0) is 4.74 Å². The van der Waals surface area contributed by atoms with Crippen LogP contribution in [0.25, 0.3) is 0 Å². The Labute approximate surface area is 179 Å². The summed E-state index contributed by atoms with van der Waals surface area (Å²) in [5.41, 5.74) is 1.81. The summed E-state index contributed by atoms with van der Waals surface area (Å²) in [7, 11) is 0. The maximum Gasteiger partial charge on any atom is 0.338 e. The zero-order chi connectivity index (χ0) is 20.9. The SMILES string of the molecule is C[C@]12CC[C@@H]3[C@H](CC=C4C[C@@H](O)CC[C@@]43CO)[C@H]1CC[C@H]2OC(=O)c1ccccc1. The number of hydrogen-bond donors (Lipinski definition) is 2. The van der Waals surface area contributed by atoms with E-state index >= 15 is 0 Å². The minimum atomic E-state index is -0.255. The molecule has 4 aliphatic carbocycles. The summed E-state index contributed by atoms with van der Waals surface area (Å²) in [6.45, 7) is 2.53. The predicted octanol–water partition coefficient (Wildman–Crippen LogP) is 4.51. The van der Waals surface area contributed by atoms with Gasteiger partial charge in [0.25, 0.3) is 0 Å². The maximum atomic E-state index is 12.7. The average Bonchev–Trinajstić information content (AvgIpc) is 3.10. The Balaban J connectivity index is 1.38. The van der Waals surface area contributed by atoms with Crippen molar-refractivity contribution in [3.63, 3.8) is 0 Å². The first kappa shape index (κ1) is 20.3. The van der Waals surface area contributed by atoms with Crippen molar-refractivity contribution < 1.29 is 19.7 Å². The molecule has 162 valence electrons. The van der Waals surface area contributed by atoms with Gasteiger partial charge < -0.3 is 14.9 Å². The molecule has 3 fully saturated rings. The largest absolute Gasteiger partial charge is 0.458 e. The van der Waals surface area contributed by atoms with E-state index in [0.29, 0.717) is 23.3 Å². The number of aliphatic hydroxyl groups is 2. The topological polar surface area (TPSA) is 66.8 Å². The summed E-state index contributed by atoms with van der Waals surface area (Å²) in [5.74, 6) is 1.34. The normalized spacial score (nSPS) is 42.5. The minimum absolute atomic E-state index is 0.0157. The number of benzene rings is 1. The number of carbonyl (C=O) groups excluding carboxylic acids is 1. The molecule has 3 saturated carbocycles. The summed E-state index contributed by atoms with van der Waals surface area (Å²) in [6.07, 6.45) is 9.66. The van der Waals surface area contributed by atoms with E-state index in [1.807, 2.05) is 30.3 Å². The minimum Gasteiger partial charge on any atom is -0.458 e. The van der Waals surface area contributed by atoms with Crippen molar-refractivity contribution in [3.05, 3.63) is 47.5 Å². The highest BCUT2D eigenvalue weighted by Crippen LogP contribution is 2.65. The van der Waals surface area contributed by atoms with Crippen LogP contribution in [0.1, 0.15) is 68.6 Å². The van der Waals surface area contributed by atoms with Crippen molar-refractivity contribution in [2.45, 2.75) is 70.5 Å². The monoisotopic (exact) mass is 410 g/mol. The first-order valence-electron chi connectivity index (χ1n) is 11.7. The van der Waals surface area contributed by atoms with Crippen molar-refractivity contribution >= 4 is 5.97 Å². The van der Waals surface area contributed by atoms with E-state index in [9.17, 15) is 15.0 Å². The summed E-state index contributed by atoms with van der Waals surface area (Å²) in [5, 5.41) is 20.7. The smallest absolute Gasteiger partial charge is 0.338 e. The fraction of sp³-hybridized carbons (Fsp3) is 0.654. The first-order valence-corrected chi connectivity index (χ1v) is 11.7. The second-order valence-corrected chi connectivity index (χ2v) is 10.4. The molecule has 0 bridgehead atoms. The molecule has 0 aliphatic heterocycles. The van der Waals surface area contributed by atoms with Crippen LogP contribution >= 0.6 is 0 Å². The standard InChI is InChI=1S/C26H34O4/c1-25-13-12-22-20(8-7-18-15-19(28)11-14-26(18,22)16-27)21(25)9-10-23(25)30-24(29)17-5-3-2-4-6-17/h2-7,19-23,27-28H,8-16H2,1H3/t19-,20+,21+,22+,23+,25-,26+/m0/s1. The van der Waals surface area contributed by atoms with Crippen LogP contribution in [-0.4, -0.2) is 35.0 Å². The Morgan fingerprint density at radius 2 is 1.90 bits per heavy atom. The van der Waals surface area contributed by atoms with Gasteiger partial charge >= 0.3 is 5.97 Å². The average molecular weight is 411 g/mol. The maximum absolute atomic E-state index is 12.7. The van der Waals surface area contributed by atoms with Crippen LogP contribution in [0.3, 0.4) is 0 Å². The molecule has 0 aromatic heterocycles. The summed E-state index contributed by atoms with van der Waals surface area (Å²) >= 11 is 0. The third-order valence-electron chi connectivity index (χ3n) is 9.26. The van der Waals surface area contributed by atoms with Gasteiger partial charge in [-0.25, -0.2) is 4.79 Å². The molecular formula is C26H34O4. The molecule has 0 radical (unpaired) electrons. The Morgan fingerprint density at radius 3 is 2.67 bits per heavy atom. The van der Waals surface area contributed by atoms with Crippen molar-refractivity contribution in [2.75, 3.05) is 6.61 Å². The second-order valence-electron chi connectivity index (χ2n) is 10.4. The molecule has 4 heteroatoms. The third kappa shape index (κ3) is 2.98. The quantitative estimate of drug-likeness (QED) is 0.568. The van der Waals surface area contributed by atoms with Crippen molar-refractivity contribution in [2.24, 2.45) is 28.6 Å². The van der Waals surface area contributed by atoms with E-state index in [4.69, 9.17) is 4.74 Å². The lowest BCUT2D eigenvalue weighted by molar-refractivity contribution is -0.0927. The van der Waals surface area contributed by atoms with Crippen LogP contribution in [0.15, 0.2) is 42.0 Å². The van der Waals surface area contributed by atoms with Gasteiger partial charge in [-0.05, 0) is 81.3 Å². The van der Waals surface area contributed by atoms with E-state index in [0.717, 1.165) is 51.4 Å². The first-order chi connectivity index (χ1) is 14.5. The Bertz CT molecular complexity index is 833. The lowest BCUT2D eigenvalue weighted by atomic mass is 9.47. The highest BCUT2D eigenvalue weighted by Gasteiger charge is 2.60. The third-order valence-corrected chi connectivity index (χ3v) is 9.26. The molecule has 4 nitrogen and oxygen atoms in total. The van der Waals surface area contributed by atoms with E-state index in [1.165, 1.54) is 5.57 Å². The van der Waals surface area contributed by atoms with Crippen LogP contribution in [0.5, 0.6) is 0 Å². The molecule has 0 saturated heterocycles. The highest BCUT2D eigenvalue weighted by atomic mass is 16.5. The van der Waals surface area contributed by atoms with E-state index in [2.05, 4.69) is 13.0 Å². The number of hydrogen-bond acceptors (Lipinski definition) is 4. The summed E-state index contributed by atoms with van der Waals surface area (Å²) < 4.78 is 6.08. The lowest BCUT2D eigenvalue weighted by Crippen LogP contribution is -2.53. The van der Waals surface area contributed by atoms with E-state index in [-0.39, 0.29) is 35.6 Å². The molecule has 0 unspecified atom stereocenters. The van der Waals surface area contributed by atoms with Gasteiger partial charge in [0.2, 0.25) is 0 Å². The number of carbonyl (C=O) groups is 1. The number of rotatable bonds is 3. The van der Waals surface area contributed by atoms with Crippen LogP contribution in [0.2, 0.25) is 0 Å². The molecule has 4 aliphatic rings. The Hall–Kier alpha value is -1.65. The molecular weight excluding hydrogens is 376 g/mol. The second kappa shape index (κ2) is 7.49. The number of ether oxygens (including phenoxy) is 1. The van der Waals surface area contributed by atoms with Gasteiger partial charge in [0.05, 0.1) is 18.3 Å². The lowest BCUT2D eigenvalue weighted by Gasteiger charge is -2.58. The van der Waals surface area contributed by atoms with Gasteiger partial charge in [0.1, 0.15) is 6.10 Å². The molecule has 2 N–H and O–H groups in total. The predicted molar refractivity (Wildman–Crippen MR) is 115 cm³/mol. The Kier molecular flexibility index (Phi) is 5.06. The summed E-state index contributed by atoms with van der Waals surface area (Å²) in [6, 6.07) is 9.32. The van der Waals surface area contributed by atoms with Crippen molar-refractivity contribution in [1.82, 2.24) is 0 Å². The van der Waals surface area contributed by atoms with Gasteiger partial charge in [-0.1, -0.05) is 36.8 Å². The summed E-state index contributed by atoms with van der Waals surface area (Å²) in [4.78, 5) is 12.7. The molecule has 7 atom stereocenters. The number of allylic oxidation sites excluding steroid dienone is 1. The van der Waals surface area contributed by atoms with Gasteiger partial charge in [-0.2, -0.15) is 0 Å². The molecule has 0 amide bonds. The highest BCUT2D eigenvalue weighted by molar-refractivity contribution is 5.89. The van der Waals surface area contributed by atoms with Crippen LogP contribution in [0.4, 0.5) is 0 Å². The molecule has 30 heavy (non-hydrogen) atoms. The van der Waals surface area contributed by atoms with Gasteiger partial charge in [-0.3, -0.25) is 0 Å². The fourth-order valence-electron chi connectivity index (χ4n) is 7.65. The van der Waals surface area contributed by atoms with Gasteiger partial charge in [0, 0.05) is 10.8 Å². The van der Waals surface area contributed by atoms with Crippen LogP contribution < -0.4 is 0 Å². The van der Waals surface area contributed by atoms with E-state index in [1.54, 1.807) is 0 Å². The number of esters is 1. The van der Waals surface area contributed by atoms with Gasteiger partial charge in [0.15, 0.2) is 0 Å². The van der Waals surface area contributed by atoms with Crippen LogP contribution in [0, 0.1) is 28.6 Å². The molecule has 1 aromatic carbocycles. The molecule has 0 heterocycles. The van der Waals surface area contributed by atoms with E-state index < -0.39 is 0 Å². The zero-order valence-electron chi connectivity index (χ0n) is 17.9. The molecule has 5 rings (SSSR count). The molecule has 1 aromatic rings. The fourth-order valence-corrected chi connectivity index (χ4v) is 7.65. The number of fused-ring (bicyclic) bond motifs is 5. The molecule has 0 spiro atoms. The van der Waals surface area contributed by atoms with Crippen molar-refractivity contribution in [3.8, 4) is 0 Å².